The molecule has 0 aromatic heterocycles. The summed E-state index contributed by atoms with van der Waals surface area (Å²) in [6.07, 6.45) is 11.6. The van der Waals surface area contributed by atoms with Gasteiger partial charge in [-0.1, -0.05) is 25.7 Å². The normalized spacial score (nSPS) is 45.0. The van der Waals surface area contributed by atoms with Crippen molar-refractivity contribution >= 4 is 0 Å². The lowest BCUT2D eigenvalue weighted by Crippen LogP contribution is -2.33. The van der Waals surface area contributed by atoms with Gasteiger partial charge in [-0.3, -0.25) is 0 Å². The molecule has 1 radical (unpaired) electrons. The average molecular weight is 151 g/mol. The Morgan fingerprint density at radius 1 is 0.909 bits per heavy atom. The lowest BCUT2D eigenvalue weighted by molar-refractivity contribution is 0.0916. The highest BCUT2D eigenvalue weighted by Gasteiger charge is 2.37. The molecule has 0 aliphatic heterocycles. The highest BCUT2D eigenvalue weighted by atomic mass is 14.4. The lowest BCUT2D eigenvalue weighted by atomic mass is 9.61. The molecule has 2 aliphatic carbocycles. The summed E-state index contributed by atoms with van der Waals surface area (Å²) in [5.41, 5.74) is 0.524. The Hall–Kier alpha value is 0. The van der Waals surface area contributed by atoms with Crippen LogP contribution in [-0.2, 0) is 0 Å². The summed E-state index contributed by atoms with van der Waals surface area (Å²) in [4.78, 5) is 0. The Morgan fingerprint density at radius 2 is 1.45 bits per heavy atom. The largest absolute Gasteiger partial charge is 0.0530 e. The van der Waals surface area contributed by atoms with Gasteiger partial charge in [-0.05, 0) is 43.9 Å². The number of hydrogen-bond donors (Lipinski definition) is 0. The molecule has 0 heterocycles. The molecule has 0 spiro atoms. The quantitative estimate of drug-likeness (QED) is 0.496. The first-order valence-corrected chi connectivity index (χ1v) is 5.17. The van der Waals surface area contributed by atoms with E-state index in [2.05, 4.69) is 6.92 Å². The zero-order valence-corrected chi connectivity index (χ0v) is 7.44. The van der Waals surface area contributed by atoms with Crippen LogP contribution in [0.5, 0.6) is 0 Å². The van der Waals surface area contributed by atoms with Crippen LogP contribution in [0.1, 0.15) is 51.4 Å². The van der Waals surface area contributed by atoms with Crippen LogP contribution in [-0.4, -0.2) is 0 Å². The van der Waals surface area contributed by atoms with Gasteiger partial charge in [-0.25, -0.2) is 0 Å². The third-order valence-corrected chi connectivity index (χ3v) is 3.82. The maximum absolute atomic E-state index is 4.45. The fraction of sp³-hybridized carbons (Fsp3) is 0.909. The van der Waals surface area contributed by atoms with Gasteiger partial charge in [0, 0.05) is 0 Å². The molecule has 0 N–H and O–H groups in total. The maximum Gasteiger partial charge on any atom is -0.0269 e. The molecule has 0 atom stereocenters. The van der Waals surface area contributed by atoms with Crippen molar-refractivity contribution in [3.05, 3.63) is 6.92 Å². The van der Waals surface area contributed by atoms with Crippen molar-refractivity contribution in [2.45, 2.75) is 51.4 Å². The smallest absolute Gasteiger partial charge is 0.0269 e. The van der Waals surface area contributed by atoms with E-state index in [1.165, 1.54) is 51.4 Å². The molecule has 2 saturated carbocycles. The minimum atomic E-state index is 0.524. The first kappa shape index (κ1) is 7.64. The minimum Gasteiger partial charge on any atom is -0.0530 e. The summed E-state index contributed by atoms with van der Waals surface area (Å²) in [7, 11) is 0. The summed E-state index contributed by atoms with van der Waals surface area (Å²) in [5.74, 6) is 0.991. The summed E-state index contributed by atoms with van der Waals surface area (Å²) < 4.78 is 0. The van der Waals surface area contributed by atoms with Crippen LogP contribution in [0.2, 0.25) is 0 Å². The molecule has 2 fully saturated rings. The monoisotopic (exact) mass is 151 g/mol. The van der Waals surface area contributed by atoms with Gasteiger partial charge in [0.15, 0.2) is 0 Å². The highest BCUT2D eigenvalue weighted by molar-refractivity contribution is 4.93. The predicted molar refractivity (Wildman–Crippen MR) is 48.2 cm³/mol. The van der Waals surface area contributed by atoms with Gasteiger partial charge in [0.05, 0.1) is 0 Å². The van der Waals surface area contributed by atoms with Crippen molar-refractivity contribution in [1.82, 2.24) is 0 Å². The highest BCUT2D eigenvalue weighted by Crippen LogP contribution is 2.49. The third kappa shape index (κ3) is 1.32. The first-order valence-electron chi connectivity index (χ1n) is 5.17. The van der Waals surface area contributed by atoms with E-state index in [0.717, 1.165) is 5.92 Å². The molecule has 0 unspecified atom stereocenters. The van der Waals surface area contributed by atoms with Gasteiger partial charge in [-0.15, -0.1) is 0 Å². The van der Waals surface area contributed by atoms with E-state index in [9.17, 15) is 0 Å². The number of rotatable bonds is 0. The molecular weight excluding hydrogens is 132 g/mol. The molecule has 0 nitrogen and oxygen atoms in total. The molecule has 0 amide bonds. The van der Waals surface area contributed by atoms with Crippen LogP contribution in [0, 0.1) is 18.3 Å². The second kappa shape index (κ2) is 2.80. The molecule has 0 heteroatoms. The minimum absolute atomic E-state index is 0.524. The Balaban J connectivity index is 2.06. The fourth-order valence-corrected chi connectivity index (χ4v) is 3.03. The molecule has 0 aromatic rings. The second-order valence-corrected chi connectivity index (χ2v) is 4.55. The zero-order chi connectivity index (χ0) is 7.73. The topological polar surface area (TPSA) is 0 Å². The van der Waals surface area contributed by atoms with E-state index >= 15 is 0 Å². The van der Waals surface area contributed by atoms with Crippen molar-refractivity contribution in [2.75, 3.05) is 0 Å². The van der Waals surface area contributed by atoms with Crippen molar-refractivity contribution in [3.8, 4) is 0 Å². The van der Waals surface area contributed by atoms with Crippen molar-refractivity contribution < 1.29 is 0 Å². The fourth-order valence-electron chi connectivity index (χ4n) is 3.03. The summed E-state index contributed by atoms with van der Waals surface area (Å²) in [6, 6.07) is 0. The van der Waals surface area contributed by atoms with E-state index in [0.29, 0.717) is 5.41 Å². The standard InChI is InChI=1S/C11H19/c1-11-8-4-2-6-10(11)7-3-5-9-11/h10H,1-9H2. The Labute approximate surface area is 70.4 Å². The van der Waals surface area contributed by atoms with E-state index in [-0.39, 0.29) is 0 Å². The molecule has 2 rings (SSSR count). The maximum atomic E-state index is 4.45. The van der Waals surface area contributed by atoms with Crippen LogP contribution in [0.4, 0.5) is 0 Å². The van der Waals surface area contributed by atoms with Gasteiger partial charge in [0.1, 0.15) is 0 Å². The van der Waals surface area contributed by atoms with Crippen LogP contribution in [0.3, 0.4) is 0 Å². The van der Waals surface area contributed by atoms with Crippen LogP contribution in [0.25, 0.3) is 0 Å². The van der Waals surface area contributed by atoms with Crippen molar-refractivity contribution in [2.24, 2.45) is 11.3 Å². The summed E-state index contributed by atoms with van der Waals surface area (Å²) in [5, 5.41) is 0. The van der Waals surface area contributed by atoms with E-state index in [1.807, 2.05) is 0 Å². The van der Waals surface area contributed by atoms with E-state index in [1.54, 1.807) is 0 Å². The van der Waals surface area contributed by atoms with Gasteiger partial charge in [-0.2, -0.15) is 0 Å². The number of fused-ring (bicyclic) bond motifs is 1. The number of hydrogen-bond acceptors (Lipinski definition) is 0. The predicted octanol–water partition coefficient (Wildman–Crippen LogP) is 3.57. The lowest BCUT2D eigenvalue weighted by Gasteiger charge is -2.45. The average Bonchev–Trinajstić information content (AvgIpc) is 2.03. The SMILES string of the molecule is [CH2]C12CCCCC1CCCC2. The van der Waals surface area contributed by atoms with Crippen LogP contribution < -0.4 is 0 Å². The third-order valence-electron chi connectivity index (χ3n) is 3.82. The van der Waals surface area contributed by atoms with Crippen molar-refractivity contribution in [3.63, 3.8) is 0 Å². The molecule has 63 valence electrons. The zero-order valence-electron chi connectivity index (χ0n) is 7.44. The van der Waals surface area contributed by atoms with Gasteiger partial charge in [0.2, 0.25) is 0 Å². The van der Waals surface area contributed by atoms with Gasteiger partial charge < -0.3 is 0 Å². The molecular formula is C11H19. The van der Waals surface area contributed by atoms with E-state index < -0.39 is 0 Å². The van der Waals surface area contributed by atoms with E-state index in [4.69, 9.17) is 0 Å². The Morgan fingerprint density at radius 3 is 1.91 bits per heavy atom. The Bertz CT molecular complexity index is 125. The second-order valence-electron chi connectivity index (χ2n) is 4.55. The molecule has 2 aliphatic rings. The Kier molecular flexibility index (Phi) is 1.95. The van der Waals surface area contributed by atoms with Crippen molar-refractivity contribution in [1.29, 1.82) is 0 Å². The van der Waals surface area contributed by atoms with Gasteiger partial charge in [0.25, 0.3) is 0 Å². The van der Waals surface area contributed by atoms with Crippen LogP contribution >= 0.6 is 0 Å². The molecule has 0 bridgehead atoms. The summed E-state index contributed by atoms with van der Waals surface area (Å²) in [6.45, 7) is 4.45. The van der Waals surface area contributed by atoms with Crippen LogP contribution in [0.15, 0.2) is 0 Å². The molecule has 0 saturated heterocycles. The molecule has 0 aromatic carbocycles. The summed E-state index contributed by atoms with van der Waals surface area (Å²) >= 11 is 0. The first-order chi connectivity index (χ1) is 5.31. The van der Waals surface area contributed by atoms with Gasteiger partial charge >= 0.3 is 0 Å². The molecule has 11 heavy (non-hydrogen) atoms.